The molecular weight excluding hydrogens is 381 g/mol. The molecule has 8 heteroatoms. The Morgan fingerprint density at radius 2 is 2.21 bits per heavy atom. The highest BCUT2D eigenvalue weighted by Crippen LogP contribution is 2.28. The maximum atomic E-state index is 13.3. The minimum absolute atomic E-state index is 0.0346. The summed E-state index contributed by atoms with van der Waals surface area (Å²) in [6, 6.07) is 7.86. The number of amides is 2. The summed E-state index contributed by atoms with van der Waals surface area (Å²) in [6.45, 7) is 4.95. The fourth-order valence-electron chi connectivity index (χ4n) is 2.96. The van der Waals surface area contributed by atoms with E-state index in [-0.39, 0.29) is 30.8 Å². The van der Waals surface area contributed by atoms with Gasteiger partial charge < -0.3 is 10.1 Å². The number of ether oxygens (including phenoxy) is 1. The molecule has 1 aromatic heterocycles. The molecule has 148 valence electrons. The van der Waals surface area contributed by atoms with Gasteiger partial charge >= 0.3 is 0 Å². The number of thioether (sulfide) groups is 1. The first-order valence-electron chi connectivity index (χ1n) is 9.04. The Kier molecular flexibility index (Phi) is 6.64. The molecule has 1 aliphatic rings. The van der Waals surface area contributed by atoms with Crippen molar-refractivity contribution in [1.29, 1.82) is 0 Å². The molecule has 28 heavy (non-hydrogen) atoms. The SMILES string of the molecule is CCSc1nc(N2CCOCC2=O)cc(C)c1C(=O)NCc1cccc(F)c1. The Morgan fingerprint density at radius 3 is 2.93 bits per heavy atom. The predicted octanol–water partition coefficient (Wildman–Crippen LogP) is 2.93. The number of hydrogen-bond acceptors (Lipinski definition) is 5. The zero-order chi connectivity index (χ0) is 20.1. The Bertz CT molecular complexity index is 891. The van der Waals surface area contributed by atoms with E-state index >= 15 is 0 Å². The highest BCUT2D eigenvalue weighted by atomic mass is 32.2. The lowest BCUT2D eigenvalue weighted by molar-refractivity contribution is -0.125. The molecule has 0 unspecified atom stereocenters. The van der Waals surface area contributed by atoms with Gasteiger partial charge in [0.15, 0.2) is 0 Å². The molecule has 6 nitrogen and oxygen atoms in total. The maximum Gasteiger partial charge on any atom is 0.254 e. The van der Waals surface area contributed by atoms with E-state index in [1.807, 2.05) is 13.8 Å². The number of pyridine rings is 1. The summed E-state index contributed by atoms with van der Waals surface area (Å²) >= 11 is 1.45. The summed E-state index contributed by atoms with van der Waals surface area (Å²) < 4.78 is 18.5. The second-order valence-corrected chi connectivity index (χ2v) is 7.57. The largest absolute Gasteiger partial charge is 0.370 e. The number of aromatic nitrogens is 1. The highest BCUT2D eigenvalue weighted by Gasteiger charge is 2.25. The zero-order valence-electron chi connectivity index (χ0n) is 15.8. The third kappa shape index (κ3) is 4.69. The Morgan fingerprint density at radius 1 is 1.39 bits per heavy atom. The van der Waals surface area contributed by atoms with Crippen molar-refractivity contribution in [3.05, 3.63) is 52.8 Å². The monoisotopic (exact) mass is 403 g/mol. The van der Waals surface area contributed by atoms with Crippen LogP contribution < -0.4 is 10.2 Å². The molecule has 1 N–H and O–H groups in total. The number of nitrogens with zero attached hydrogens (tertiary/aromatic N) is 2. The number of hydrogen-bond donors (Lipinski definition) is 1. The molecular formula is C20H22FN3O3S. The standard InChI is InChI=1S/C20H22FN3O3S/c1-3-28-20-18(19(26)22-11-14-5-4-6-15(21)10-14)13(2)9-16(23-20)24-7-8-27-12-17(24)25/h4-6,9-10H,3,7-8,11-12H2,1-2H3,(H,22,26). The second-order valence-electron chi connectivity index (χ2n) is 6.32. The third-order valence-electron chi connectivity index (χ3n) is 4.28. The van der Waals surface area contributed by atoms with Crippen LogP contribution in [0.4, 0.5) is 10.2 Å². The van der Waals surface area contributed by atoms with Crippen LogP contribution >= 0.6 is 11.8 Å². The van der Waals surface area contributed by atoms with Crippen LogP contribution in [0.1, 0.15) is 28.4 Å². The van der Waals surface area contributed by atoms with Gasteiger partial charge in [0.05, 0.1) is 18.7 Å². The number of nitrogens with one attached hydrogen (secondary N) is 1. The molecule has 2 amide bonds. The Hall–Kier alpha value is -2.45. The fraction of sp³-hybridized carbons (Fsp3) is 0.350. The maximum absolute atomic E-state index is 13.3. The Labute approximate surface area is 167 Å². The normalized spacial score (nSPS) is 14.2. The van der Waals surface area contributed by atoms with Gasteiger partial charge in [-0.3, -0.25) is 14.5 Å². The van der Waals surface area contributed by atoms with Gasteiger partial charge in [0, 0.05) is 6.54 Å². The van der Waals surface area contributed by atoms with E-state index in [0.29, 0.717) is 35.1 Å². The van der Waals surface area contributed by atoms with Crippen molar-refractivity contribution in [3.63, 3.8) is 0 Å². The second kappa shape index (κ2) is 9.16. The quantitative estimate of drug-likeness (QED) is 0.751. The van der Waals surface area contributed by atoms with E-state index in [1.54, 1.807) is 23.1 Å². The van der Waals surface area contributed by atoms with Gasteiger partial charge in [-0.15, -0.1) is 11.8 Å². The number of aryl methyl sites for hydroxylation is 1. The fourth-order valence-corrected chi connectivity index (χ4v) is 3.79. The van der Waals surface area contributed by atoms with Crippen LogP contribution in [-0.2, 0) is 16.1 Å². The molecule has 1 saturated heterocycles. The summed E-state index contributed by atoms with van der Waals surface area (Å²) in [5, 5.41) is 3.41. The van der Waals surface area contributed by atoms with Crippen LogP contribution in [0.3, 0.4) is 0 Å². The molecule has 0 aliphatic carbocycles. The summed E-state index contributed by atoms with van der Waals surface area (Å²) in [6.07, 6.45) is 0. The molecule has 0 bridgehead atoms. The van der Waals surface area contributed by atoms with Crippen molar-refractivity contribution in [2.24, 2.45) is 0 Å². The number of rotatable bonds is 6. The van der Waals surface area contributed by atoms with Gasteiger partial charge in [0.2, 0.25) is 0 Å². The van der Waals surface area contributed by atoms with Gasteiger partial charge in [-0.1, -0.05) is 19.1 Å². The summed E-state index contributed by atoms with van der Waals surface area (Å²) in [5.74, 6) is 0.505. The molecule has 0 saturated carbocycles. The van der Waals surface area contributed by atoms with E-state index in [2.05, 4.69) is 10.3 Å². The average molecular weight is 403 g/mol. The smallest absolute Gasteiger partial charge is 0.254 e. The van der Waals surface area contributed by atoms with E-state index < -0.39 is 0 Å². The van der Waals surface area contributed by atoms with Gasteiger partial charge in [0.25, 0.3) is 11.8 Å². The van der Waals surface area contributed by atoms with E-state index in [9.17, 15) is 14.0 Å². The van der Waals surface area contributed by atoms with Crippen molar-refractivity contribution in [1.82, 2.24) is 10.3 Å². The van der Waals surface area contributed by atoms with Crippen molar-refractivity contribution < 1.29 is 18.7 Å². The third-order valence-corrected chi connectivity index (χ3v) is 5.14. The van der Waals surface area contributed by atoms with Crippen LogP contribution in [0, 0.1) is 12.7 Å². The highest BCUT2D eigenvalue weighted by molar-refractivity contribution is 7.99. The molecule has 0 spiro atoms. The lowest BCUT2D eigenvalue weighted by Gasteiger charge is -2.27. The summed E-state index contributed by atoms with van der Waals surface area (Å²) in [4.78, 5) is 31.1. The van der Waals surface area contributed by atoms with Crippen molar-refractivity contribution >= 4 is 29.4 Å². The van der Waals surface area contributed by atoms with Crippen LogP contribution in [-0.4, -0.2) is 42.3 Å². The summed E-state index contributed by atoms with van der Waals surface area (Å²) in [5.41, 5.74) is 1.89. The lowest BCUT2D eigenvalue weighted by atomic mass is 10.1. The topological polar surface area (TPSA) is 71.5 Å². The van der Waals surface area contributed by atoms with Crippen LogP contribution in [0.15, 0.2) is 35.4 Å². The minimum Gasteiger partial charge on any atom is -0.370 e. The van der Waals surface area contributed by atoms with Crippen molar-refractivity contribution in [2.75, 3.05) is 30.4 Å². The summed E-state index contributed by atoms with van der Waals surface area (Å²) in [7, 11) is 0. The van der Waals surface area contributed by atoms with E-state index in [1.165, 1.54) is 23.9 Å². The van der Waals surface area contributed by atoms with Gasteiger partial charge in [-0.05, 0) is 42.0 Å². The number of morpholine rings is 1. The van der Waals surface area contributed by atoms with Gasteiger partial charge in [-0.2, -0.15) is 0 Å². The first kappa shape index (κ1) is 20.3. The number of halogens is 1. The molecule has 2 aromatic rings. The minimum atomic E-state index is -0.341. The van der Waals surface area contributed by atoms with Crippen LogP contribution in [0.5, 0.6) is 0 Å². The first-order valence-corrected chi connectivity index (χ1v) is 10.0. The molecule has 0 atom stereocenters. The number of benzene rings is 1. The van der Waals surface area contributed by atoms with Crippen molar-refractivity contribution in [3.8, 4) is 0 Å². The predicted molar refractivity (Wildman–Crippen MR) is 106 cm³/mol. The first-order chi connectivity index (χ1) is 13.5. The van der Waals surface area contributed by atoms with Gasteiger partial charge in [-0.25, -0.2) is 9.37 Å². The van der Waals surface area contributed by atoms with Crippen LogP contribution in [0.25, 0.3) is 0 Å². The molecule has 1 fully saturated rings. The average Bonchev–Trinajstić information content (AvgIpc) is 2.66. The molecule has 1 aromatic carbocycles. The van der Waals surface area contributed by atoms with E-state index in [4.69, 9.17) is 4.74 Å². The van der Waals surface area contributed by atoms with E-state index in [0.717, 1.165) is 11.3 Å². The molecule has 3 rings (SSSR count). The lowest BCUT2D eigenvalue weighted by Crippen LogP contribution is -2.42. The Balaban J connectivity index is 1.84. The van der Waals surface area contributed by atoms with Crippen molar-refractivity contribution in [2.45, 2.75) is 25.4 Å². The molecule has 1 aliphatic heterocycles. The number of carbonyl (C=O) groups excluding carboxylic acids is 2. The molecule has 0 radical (unpaired) electrons. The van der Waals surface area contributed by atoms with Gasteiger partial charge in [0.1, 0.15) is 23.3 Å². The number of anilines is 1. The number of carbonyl (C=O) groups is 2. The molecule has 2 heterocycles. The van der Waals surface area contributed by atoms with Crippen LogP contribution in [0.2, 0.25) is 0 Å². The zero-order valence-corrected chi connectivity index (χ0v) is 16.6.